The van der Waals surface area contributed by atoms with E-state index in [-0.39, 0.29) is 10.4 Å². The molecular weight excluding hydrogens is 448 g/mol. The minimum Gasteiger partial charge on any atom is -0.496 e. The minimum atomic E-state index is -0.201. The molecule has 0 bridgehead atoms. The fourth-order valence-electron chi connectivity index (χ4n) is 3.89. The SMILES string of the molecule is COc1ccc(OC)c2c(OC)c(C(CC=C(C)C)SC(=O)c3ccc(C)cc3)cc(OC)c12. The van der Waals surface area contributed by atoms with E-state index in [0.717, 1.165) is 21.9 Å². The molecule has 0 saturated carbocycles. The molecule has 0 aliphatic carbocycles. The number of hydrogen-bond acceptors (Lipinski definition) is 6. The first kappa shape index (κ1) is 25.5. The first-order chi connectivity index (χ1) is 16.3. The molecule has 6 heteroatoms. The Balaban J connectivity index is 2.23. The van der Waals surface area contributed by atoms with Gasteiger partial charge in [0, 0.05) is 16.4 Å². The van der Waals surface area contributed by atoms with Crippen molar-refractivity contribution in [3.8, 4) is 23.0 Å². The van der Waals surface area contributed by atoms with Crippen molar-refractivity contribution in [3.63, 3.8) is 0 Å². The molecule has 34 heavy (non-hydrogen) atoms. The van der Waals surface area contributed by atoms with Gasteiger partial charge in [0.25, 0.3) is 0 Å². The van der Waals surface area contributed by atoms with Crippen LogP contribution in [-0.2, 0) is 0 Å². The number of benzene rings is 3. The van der Waals surface area contributed by atoms with E-state index in [1.165, 1.54) is 17.3 Å². The fourth-order valence-corrected chi connectivity index (χ4v) is 4.91. The molecule has 1 unspecified atom stereocenters. The highest BCUT2D eigenvalue weighted by molar-refractivity contribution is 8.14. The molecule has 0 spiro atoms. The van der Waals surface area contributed by atoms with Gasteiger partial charge in [0.1, 0.15) is 23.0 Å². The lowest BCUT2D eigenvalue weighted by Crippen LogP contribution is -2.05. The Kier molecular flexibility index (Phi) is 8.51. The molecule has 0 saturated heterocycles. The molecule has 0 heterocycles. The van der Waals surface area contributed by atoms with E-state index in [9.17, 15) is 4.79 Å². The Morgan fingerprint density at radius 2 is 1.44 bits per heavy atom. The van der Waals surface area contributed by atoms with Crippen molar-refractivity contribution in [1.82, 2.24) is 0 Å². The van der Waals surface area contributed by atoms with E-state index in [2.05, 4.69) is 19.9 Å². The molecule has 180 valence electrons. The van der Waals surface area contributed by atoms with Crippen LogP contribution in [0, 0.1) is 6.92 Å². The third kappa shape index (κ3) is 5.33. The summed E-state index contributed by atoms with van der Waals surface area (Å²) in [7, 11) is 6.50. The molecule has 3 aromatic carbocycles. The summed E-state index contributed by atoms with van der Waals surface area (Å²) in [5.41, 5.74) is 3.83. The normalized spacial score (nSPS) is 11.6. The summed E-state index contributed by atoms with van der Waals surface area (Å²) < 4.78 is 23.0. The number of hydrogen-bond donors (Lipinski definition) is 0. The Bertz CT molecular complexity index is 1190. The lowest BCUT2D eigenvalue weighted by Gasteiger charge is -2.23. The lowest BCUT2D eigenvalue weighted by molar-refractivity contribution is 0.108. The quantitative estimate of drug-likeness (QED) is 0.303. The van der Waals surface area contributed by atoms with E-state index in [4.69, 9.17) is 18.9 Å². The summed E-state index contributed by atoms with van der Waals surface area (Å²) in [5.74, 6) is 2.57. The average Bonchev–Trinajstić information content (AvgIpc) is 2.84. The van der Waals surface area contributed by atoms with Gasteiger partial charge >= 0.3 is 0 Å². The second-order valence-electron chi connectivity index (χ2n) is 8.20. The Morgan fingerprint density at radius 3 is 1.97 bits per heavy atom. The van der Waals surface area contributed by atoms with Crippen molar-refractivity contribution < 1.29 is 23.7 Å². The standard InChI is InChI=1S/C28H32O5S/c1-17(2)8-15-24(34-28(29)19-11-9-18(3)10-12-19)20-16-23(32-6)25-21(30-4)13-14-22(31-5)26(25)27(20)33-7/h8-14,16,24H,15H2,1-7H3. The zero-order valence-corrected chi connectivity index (χ0v) is 21.7. The molecule has 0 aromatic heterocycles. The third-order valence-corrected chi connectivity index (χ3v) is 6.82. The van der Waals surface area contributed by atoms with Crippen LogP contribution in [0.3, 0.4) is 0 Å². The van der Waals surface area contributed by atoms with Crippen molar-refractivity contribution >= 4 is 27.6 Å². The predicted octanol–water partition coefficient (Wildman–Crippen LogP) is 7.15. The van der Waals surface area contributed by atoms with Gasteiger partial charge < -0.3 is 18.9 Å². The number of carbonyl (C=O) groups is 1. The molecule has 0 aliphatic heterocycles. The summed E-state index contributed by atoms with van der Waals surface area (Å²) in [6.07, 6.45) is 2.79. The van der Waals surface area contributed by atoms with Crippen LogP contribution < -0.4 is 18.9 Å². The molecule has 5 nitrogen and oxygen atoms in total. The zero-order chi connectivity index (χ0) is 24.8. The van der Waals surface area contributed by atoms with Gasteiger partial charge in [-0.15, -0.1) is 0 Å². The van der Waals surface area contributed by atoms with Crippen LogP contribution in [-0.4, -0.2) is 33.6 Å². The van der Waals surface area contributed by atoms with Crippen molar-refractivity contribution in [2.24, 2.45) is 0 Å². The van der Waals surface area contributed by atoms with E-state index in [1.807, 2.05) is 49.4 Å². The van der Waals surface area contributed by atoms with Gasteiger partial charge in [-0.2, -0.15) is 0 Å². The molecular formula is C28H32O5S. The molecule has 1 atom stereocenters. The van der Waals surface area contributed by atoms with Crippen LogP contribution in [0.4, 0.5) is 0 Å². The fraction of sp³-hybridized carbons (Fsp3) is 0.321. The van der Waals surface area contributed by atoms with Crippen molar-refractivity contribution in [1.29, 1.82) is 0 Å². The van der Waals surface area contributed by atoms with Crippen LogP contribution in [0.15, 0.2) is 54.1 Å². The largest absolute Gasteiger partial charge is 0.496 e. The predicted molar refractivity (Wildman–Crippen MR) is 140 cm³/mol. The van der Waals surface area contributed by atoms with Crippen LogP contribution in [0.1, 0.15) is 47.0 Å². The maximum absolute atomic E-state index is 13.3. The number of allylic oxidation sites excluding steroid dienone is 2. The number of aryl methyl sites for hydroxylation is 1. The Morgan fingerprint density at radius 1 is 0.853 bits per heavy atom. The second kappa shape index (κ2) is 11.3. The third-order valence-electron chi connectivity index (χ3n) is 5.64. The van der Waals surface area contributed by atoms with Gasteiger partial charge in [-0.05, 0) is 45.4 Å². The maximum Gasteiger partial charge on any atom is 0.219 e. The highest BCUT2D eigenvalue weighted by Crippen LogP contribution is 2.50. The van der Waals surface area contributed by atoms with Crippen molar-refractivity contribution in [3.05, 3.63) is 70.8 Å². The van der Waals surface area contributed by atoms with Gasteiger partial charge in [0.15, 0.2) is 0 Å². The number of ether oxygens (including phenoxy) is 4. The molecule has 0 aliphatic rings. The first-order valence-electron chi connectivity index (χ1n) is 11.0. The summed E-state index contributed by atoms with van der Waals surface area (Å²) in [6.45, 7) is 6.11. The van der Waals surface area contributed by atoms with Crippen LogP contribution >= 0.6 is 11.8 Å². The molecule has 0 N–H and O–H groups in total. The highest BCUT2D eigenvalue weighted by atomic mass is 32.2. The van der Waals surface area contributed by atoms with Crippen molar-refractivity contribution in [2.75, 3.05) is 28.4 Å². The van der Waals surface area contributed by atoms with Gasteiger partial charge in [-0.25, -0.2) is 0 Å². The Labute approximate surface area is 206 Å². The summed E-state index contributed by atoms with van der Waals surface area (Å²) in [4.78, 5) is 13.3. The zero-order valence-electron chi connectivity index (χ0n) is 20.9. The topological polar surface area (TPSA) is 54.0 Å². The summed E-state index contributed by atoms with van der Waals surface area (Å²) >= 11 is 1.29. The first-order valence-corrected chi connectivity index (χ1v) is 11.9. The molecule has 0 fully saturated rings. The number of fused-ring (bicyclic) bond motifs is 1. The van der Waals surface area contributed by atoms with Crippen LogP contribution in [0.5, 0.6) is 23.0 Å². The van der Waals surface area contributed by atoms with E-state index in [1.54, 1.807) is 28.4 Å². The molecule has 3 rings (SSSR count). The summed E-state index contributed by atoms with van der Waals surface area (Å²) in [5, 5.41) is 1.32. The highest BCUT2D eigenvalue weighted by Gasteiger charge is 2.27. The van der Waals surface area contributed by atoms with E-state index < -0.39 is 0 Å². The monoisotopic (exact) mass is 480 g/mol. The number of rotatable bonds is 9. The number of methoxy groups -OCH3 is 4. The molecule has 0 amide bonds. The lowest BCUT2D eigenvalue weighted by atomic mass is 9.98. The molecule has 3 aromatic rings. The van der Waals surface area contributed by atoms with Crippen LogP contribution in [0.2, 0.25) is 0 Å². The van der Waals surface area contributed by atoms with Gasteiger partial charge in [0.05, 0.1) is 39.2 Å². The number of carbonyl (C=O) groups excluding carboxylic acids is 1. The minimum absolute atomic E-state index is 0.00544. The van der Waals surface area contributed by atoms with Crippen molar-refractivity contribution in [2.45, 2.75) is 32.4 Å². The number of thioether (sulfide) groups is 1. The second-order valence-corrected chi connectivity index (χ2v) is 9.37. The van der Waals surface area contributed by atoms with Gasteiger partial charge in [-0.1, -0.05) is 53.2 Å². The van der Waals surface area contributed by atoms with E-state index >= 15 is 0 Å². The smallest absolute Gasteiger partial charge is 0.219 e. The summed E-state index contributed by atoms with van der Waals surface area (Å²) in [6, 6.07) is 13.3. The van der Waals surface area contributed by atoms with Crippen LogP contribution in [0.25, 0.3) is 10.8 Å². The molecule has 0 radical (unpaired) electrons. The van der Waals surface area contributed by atoms with E-state index in [0.29, 0.717) is 35.0 Å². The van der Waals surface area contributed by atoms with Gasteiger partial charge in [-0.3, -0.25) is 4.79 Å². The van der Waals surface area contributed by atoms with Gasteiger partial charge in [0.2, 0.25) is 5.12 Å². The maximum atomic E-state index is 13.3. The average molecular weight is 481 g/mol. The Hall–Kier alpha value is -3.12.